The highest BCUT2D eigenvalue weighted by molar-refractivity contribution is 7.17. The van der Waals surface area contributed by atoms with Crippen molar-refractivity contribution in [2.75, 3.05) is 38.2 Å². The molecule has 0 unspecified atom stereocenters. The molecular formula is C19H21N3OS. The average molecular weight is 339 g/mol. The molecule has 0 radical (unpaired) electrons. The first-order chi connectivity index (χ1) is 11.8. The van der Waals surface area contributed by atoms with Gasteiger partial charge in [0.05, 0.1) is 12.8 Å². The first-order valence-electron chi connectivity index (χ1n) is 8.26. The van der Waals surface area contributed by atoms with Crippen LogP contribution >= 0.6 is 11.3 Å². The summed E-state index contributed by atoms with van der Waals surface area (Å²) in [4.78, 5) is 10.6. The molecule has 2 aromatic heterocycles. The Bertz CT molecular complexity index is 824. The fourth-order valence-corrected chi connectivity index (χ4v) is 4.20. The SMILES string of the molecule is COc1cccc(CN2CCN(c3csc4ncccc34)CC2)c1. The fourth-order valence-electron chi connectivity index (χ4n) is 3.28. The van der Waals surface area contributed by atoms with Crippen molar-refractivity contribution in [2.24, 2.45) is 0 Å². The molecule has 1 aliphatic heterocycles. The van der Waals surface area contributed by atoms with Gasteiger partial charge >= 0.3 is 0 Å². The molecule has 0 N–H and O–H groups in total. The van der Waals surface area contributed by atoms with E-state index in [4.69, 9.17) is 4.74 Å². The summed E-state index contributed by atoms with van der Waals surface area (Å²) >= 11 is 1.73. The minimum absolute atomic E-state index is 0.934. The second-order valence-electron chi connectivity index (χ2n) is 6.09. The predicted octanol–water partition coefficient (Wildman–Crippen LogP) is 3.63. The van der Waals surface area contributed by atoms with E-state index in [1.165, 1.54) is 16.6 Å². The maximum Gasteiger partial charge on any atom is 0.125 e. The molecule has 1 saturated heterocycles. The van der Waals surface area contributed by atoms with Gasteiger partial charge in [0.1, 0.15) is 10.6 Å². The Morgan fingerprint density at radius 3 is 2.83 bits per heavy atom. The molecule has 4 rings (SSSR count). The number of piperazine rings is 1. The fraction of sp³-hybridized carbons (Fsp3) is 0.316. The smallest absolute Gasteiger partial charge is 0.125 e. The number of thiophene rings is 1. The highest BCUT2D eigenvalue weighted by Gasteiger charge is 2.19. The molecule has 0 saturated carbocycles. The molecule has 1 aromatic carbocycles. The maximum atomic E-state index is 5.32. The van der Waals surface area contributed by atoms with Crippen molar-refractivity contribution < 1.29 is 4.74 Å². The third-order valence-corrected chi connectivity index (χ3v) is 5.47. The number of hydrogen-bond acceptors (Lipinski definition) is 5. The Labute approximate surface area is 146 Å². The summed E-state index contributed by atoms with van der Waals surface area (Å²) in [6.07, 6.45) is 1.87. The van der Waals surface area contributed by atoms with Crippen LogP contribution in [0.4, 0.5) is 5.69 Å². The minimum atomic E-state index is 0.934. The number of ether oxygens (including phenoxy) is 1. The number of benzene rings is 1. The van der Waals surface area contributed by atoms with Crippen LogP contribution in [0.2, 0.25) is 0 Å². The molecule has 4 nitrogen and oxygen atoms in total. The first kappa shape index (κ1) is 15.4. The lowest BCUT2D eigenvalue weighted by Gasteiger charge is -2.35. The van der Waals surface area contributed by atoms with E-state index in [0.717, 1.165) is 43.3 Å². The number of fused-ring (bicyclic) bond motifs is 1. The van der Waals surface area contributed by atoms with E-state index in [2.05, 4.69) is 44.4 Å². The summed E-state index contributed by atoms with van der Waals surface area (Å²) in [5.41, 5.74) is 2.65. The van der Waals surface area contributed by atoms with Crippen LogP contribution in [0.1, 0.15) is 5.56 Å². The zero-order chi connectivity index (χ0) is 16.4. The second-order valence-corrected chi connectivity index (χ2v) is 6.95. The van der Waals surface area contributed by atoms with Crippen molar-refractivity contribution in [1.82, 2.24) is 9.88 Å². The van der Waals surface area contributed by atoms with E-state index in [0.29, 0.717) is 0 Å². The van der Waals surface area contributed by atoms with E-state index in [1.54, 1.807) is 18.4 Å². The minimum Gasteiger partial charge on any atom is -0.497 e. The number of methoxy groups -OCH3 is 1. The van der Waals surface area contributed by atoms with Crippen LogP contribution in [0.15, 0.2) is 48.0 Å². The molecular weight excluding hydrogens is 318 g/mol. The molecule has 1 aliphatic rings. The molecule has 3 heterocycles. The van der Waals surface area contributed by atoms with E-state index in [-0.39, 0.29) is 0 Å². The van der Waals surface area contributed by atoms with Gasteiger partial charge in [-0.15, -0.1) is 11.3 Å². The topological polar surface area (TPSA) is 28.6 Å². The van der Waals surface area contributed by atoms with Gasteiger partial charge in [0.15, 0.2) is 0 Å². The number of pyridine rings is 1. The molecule has 0 bridgehead atoms. The van der Waals surface area contributed by atoms with Gasteiger partial charge in [-0.3, -0.25) is 4.90 Å². The molecule has 24 heavy (non-hydrogen) atoms. The van der Waals surface area contributed by atoms with Crippen molar-refractivity contribution in [2.45, 2.75) is 6.54 Å². The predicted molar refractivity (Wildman–Crippen MR) is 100 cm³/mol. The largest absolute Gasteiger partial charge is 0.497 e. The van der Waals surface area contributed by atoms with Crippen molar-refractivity contribution in [3.8, 4) is 5.75 Å². The van der Waals surface area contributed by atoms with Gasteiger partial charge in [-0.2, -0.15) is 0 Å². The monoisotopic (exact) mass is 339 g/mol. The zero-order valence-corrected chi connectivity index (χ0v) is 14.6. The molecule has 124 valence electrons. The number of nitrogens with zero attached hydrogens (tertiary/aromatic N) is 3. The maximum absolute atomic E-state index is 5.32. The summed E-state index contributed by atoms with van der Waals surface area (Å²) in [6, 6.07) is 12.6. The van der Waals surface area contributed by atoms with Crippen LogP contribution in [0.25, 0.3) is 10.2 Å². The lowest BCUT2D eigenvalue weighted by atomic mass is 10.2. The van der Waals surface area contributed by atoms with Crippen LogP contribution in [0.3, 0.4) is 0 Å². The van der Waals surface area contributed by atoms with E-state index < -0.39 is 0 Å². The van der Waals surface area contributed by atoms with Crippen molar-refractivity contribution >= 4 is 27.2 Å². The summed E-state index contributed by atoms with van der Waals surface area (Å²) in [5, 5.41) is 3.53. The number of rotatable bonds is 4. The van der Waals surface area contributed by atoms with Gasteiger partial charge in [-0.05, 0) is 29.8 Å². The molecule has 0 atom stereocenters. The third kappa shape index (κ3) is 3.09. The molecule has 1 fully saturated rings. The average Bonchev–Trinajstić information content (AvgIpc) is 3.07. The summed E-state index contributed by atoms with van der Waals surface area (Å²) in [6.45, 7) is 5.26. The Morgan fingerprint density at radius 2 is 2.00 bits per heavy atom. The highest BCUT2D eigenvalue weighted by Crippen LogP contribution is 2.32. The van der Waals surface area contributed by atoms with Gasteiger partial charge in [0, 0.05) is 49.7 Å². The van der Waals surface area contributed by atoms with E-state index in [1.807, 2.05) is 18.3 Å². The van der Waals surface area contributed by atoms with Crippen molar-refractivity contribution in [1.29, 1.82) is 0 Å². The van der Waals surface area contributed by atoms with Crippen molar-refractivity contribution in [3.05, 3.63) is 53.5 Å². The van der Waals surface area contributed by atoms with Crippen LogP contribution in [0, 0.1) is 0 Å². The summed E-state index contributed by atoms with van der Waals surface area (Å²) < 4.78 is 5.32. The normalized spacial score (nSPS) is 15.8. The Hall–Kier alpha value is -2.11. The first-order valence-corrected chi connectivity index (χ1v) is 9.14. The van der Waals surface area contributed by atoms with Crippen LogP contribution in [-0.2, 0) is 6.54 Å². The molecule has 0 amide bonds. The second kappa shape index (κ2) is 6.79. The molecule has 5 heteroatoms. The summed E-state index contributed by atoms with van der Waals surface area (Å²) in [7, 11) is 1.72. The van der Waals surface area contributed by atoms with Crippen LogP contribution in [0.5, 0.6) is 5.75 Å². The van der Waals surface area contributed by atoms with Gasteiger partial charge in [-0.25, -0.2) is 4.98 Å². The zero-order valence-electron chi connectivity index (χ0n) is 13.8. The quantitative estimate of drug-likeness (QED) is 0.726. The van der Waals surface area contributed by atoms with Gasteiger partial charge < -0.3 is 9.64 Å². The highest BCUT2D eigenvalue weighted by atomic mass is 32.1. The number of anilines is 1. The Balaban J connectivity index is 1.41. The summed E-state index contributed by atoms with van der Waals surface area (Å²) in [5.74, 6) is 0.934. The third-order valence-electron chi connectivity index (χ3n) is 4.58. The van der Waals surface area contributed by atoms with E-state index in [9.17, 15) is 0 Å². The van der Waals surface area contributed by atoms with Crippen molar-refractivity contribution in [3.63, 3.8) is 0 Å². The Morgan fingerprint density at radius 1 is 1.12 bits per heavy atom. The van der Waals surface area contributed by atoms with Gasteiger partial charge in [-0.1, -0.05) is 12.1 Å². The molecule has 0 spiro atoms. The van der Waals surface area contributed by atoms with Crippen LogP contribution < -0.4 is 9.64 Å². The van der Waals surface area contributed by atoms with E-state index >= 15 is 0 Å². The van der Waals surface area contributed by atoms with Gasteiger partial charge in [0.2, 0.25) is 0 Å². The van der Waals surface area contributed by atoms with Gasteiger partial charge in [0.25, 0.3) is 0 Å². The number of hydrogen-bond donors (Lipinski definition) is 0. The number of aromatic nitrogens is 1. The Kier molecular flexibility index (Phi) is 4.36. The molecule has 0 aliphatic carbocycles. The lowest BCUT2D eigenvalue weighted by Crippen LogP contribution is -2.45. The standard InChI is InChI=1S/C19H21N3OS/c1-23-16-5-2-4-15(12-16)13-21-8-10-22(11-9-21)18-14-24-19-17(18)6-3-7-20-19/h2-7,12,14H,8-11,13H2,1H3. The lowest BCUT2D eigenvalue weighted by molar-refractivity contribution is 0.250. The van der Waals surface area contributed by atoms with Crippen LogP contribution in [-0.4, -0.2) is 43.2 Å². The molecule has 3 aromatic rings.